The molecule has 3 atom stereocenters. The fourth-order valence-corrected chi connectivity index (χ4v) is 4.05. The molecule has 0 aromatic carbocycles. The van der Waals surface area contributed by atoms with Crippen LogP contribution in [0.15, 0.2) is 0 Å². The van der Waals surface area contributed by atoms with Gasteiger partial charge in [0.15, 0.2) is 0 Å². The largest absolute Gasteiger partial charge is 0.328 e. The van der Waals surface area contributed by atoms with Crippen molar-refractivity contribution < 1.29 is 0 Å². The maximum absolute atomic E-state index is 6.01. The Kier molecular flexibility index (Phi) is 6.48. The van der Waals surface area contributed by atoms with Gasteiger partial charge in [-0.2, -0.15) is 11.8 Å². The van der Waals surface area contributed by atoms with E-state index in [2.05, 4.69) is 23.6 Å². The molecule has 4 heteroatoms. The van der Waals surface area contributed by atoms with Crippen LogP contribution in [-0.2, 0) is 0 Å². The molecular weight excluding hydrogens is 240 g/mol. The van der Waals surface area contributed by atoms with Crippen LogP contribution < -0.4 is 5.73 Å². The monoisotopic (exact) mass is 264 g/mol. The quantitative estimate of drug-likeness (QED) is 0.848. The Morgan fingerprint density at radius 3 is 2.88 bits per heavy atom. The number of rotatable bonds is 3. The second-order valence-electron chi connectivity index (χ2n) is 5.25. The molecule has 0 aliphatic carbocycles. The van der Waals surface area contributed by atoms with Gasteiger partial charge in [-0.3, -0.25) is 0 Å². The van der Waals surface area contributed by atoms with Crippen molar-refractivity contribution in [3.63, 3.8) is 0 Å². The molecule has 3 unspecified atom stereocenters. The first-order valence-corrected chi connectivity index (χ1v) is 7.47. The first-order valence-electron chi connectivity index (χ1n) is 6.31. The van der Waals surface area contributed by atoms with Gasteiger partial charge >= 0.3 is 0 Å². The third kappa shape index (κ3) is 4.10. The number of hydrogen-bond acceptors (Lipinski definition) is 3. The van der Waals surface area contributed by atoms with Crippen LogP contribution in [0.3, 0.4) is 0 Å². The third-order valence-corrected chi connectivity index (χ3v) is 5.06. The maximum atomic E-state index is 6.01. The van der Waals surface area contributed by atoms with Crippen LogP contribution in [-0.4, -0.2) is 42.1 Å². The molecule has 2 heterocycles. The smallest absolute Gasteiger partial charge is 0.00509 e. The minimum absolute atomic E-state index is 0. The highest BCUT2D eigenvalue weighted by Crippen LogP contribution is 2.26. The number of piperidine rings is 1. The van der Waals surface area contributed by atoms with Crippen LogP contribution in [0.5, 0.6) is 0 Å². The lowest BCUT2D eigenvalue weighted by Gasteiger charge is -2.35. The van der Waals surface area contributed by atoms with E-state index in [9.17, 15) is 0 Å². The first-order chi connectivity index (χ1) is 7.25. The van der Waals surface area contributed by atoms with Crippen molar-refractivity contribution in [2.75, 3.05) is 31.1 Å². The molecule has 96 valence electrons. The van der Waals surface area contributed by atoms with Crippen molar-refractivity contribution in [3.8, 4) is 0 Å². The van der Waals surface area contributed by atoms with Gasteiger partial charge in [-0.15, -0.1) is 12.4 Å². The summed E-state index contributed by atoms with van der Waals surface area (Å²) in [6.07, 6.45) is 4.13. The molecule has 0 aromatic rings. The molecule has 2 fully saturated rings. The van der Waals surface area contributed by atoms with Gasteiger partial charge in [-0.25, -0.2) is 0 Å². The molecule has 0 aromatic heterocycles. The van der Waals surface area contributed by atoms with Gasteiger partial charge in [0.05, 0.1) is 0 Å². The summed E-state index contributed by atoms with van der Waals surface area (Å²) >= 11 is 2.13. The number of thioether (sulfide) groups is 1. The van der Waals surface area contributed by atoms with Crippen molar-refractivity contribution >= 4 is 24.2 Å². The molecule has 2 aliphatic heterocycles. The van der Waals surface area contributed by atoms with E-state index in [0.29, 0.717) is 6.04 Å². The predicted octanol–water partition coefficient (Wildman–Crippen LogP) is 2.22. The van der Waals surface area contributed by atoms with Crippen LogP contribution in [0.25, 0.3) is 0 Å². The van der Waals surface area contributed by atoms with E-state index in [-0.39, 0.29) is 12.4 Å². The second-order valence-corrected chi connectivity index (χ2v) is 6.40. The average Bonchev–Trinajstić information content (AvgIpc) is 2.71. The third-order valence-electron chi connectivity index (χ3n) is 3.83. The lowest BCUT2D eigenvalue weighted by Crippen LogP contribution is -2.44. The topological polar surface area (TPSA) is 29.3 Å². The Morgan fingerprint density at radius 2 is 2.25 bits per heavy atom. The lowest BCUT2D eigenvalue weighted by molar-refractivity contribution is 0.144. The highest BCUT2D eigenvalue weighted by Gasteiger charge is 2.25. The highest BCUT2D eigenvalue weighted by molar-refractivity contribution is 7.99. The van der Waals surface area contributed by atoms with Crippen LogP contribution in [0.1, 0.15) is 26.2 Å². The Hall–Kier alpha value is 0.560. The Balaban J connectivity index is 0.00000128. The summed E-state index contributed by atoms with van der Waals surface area (Å²) in [4.78, 5) is 2.66. The van der Waals surface area contributed by atoms with E-state index in [0.717, 1.165) is 11.8 Å². The molecule has 2 nitrogen and oxygen atoms in total. The van der Waals surface area contributed by atoms with E-state index in [4.69, 9.17) is 5.73 Å². The lowest BCUT2D eigenvalue weighted by atomic mass is 9.91. The molecule has 0 saturated carbocycles. The van der Waals surface area contributed by atoms with Gasteiger partial charge in [-0.1, -0.05) is 0 Å². The van der Waals surface area contributed by atoms with Crippen molar-refractivity contribution in [1.82, 2.24) is 4.90 Å². The number of hydrogen-bond donors (Lipinski definition) is 1. The van der Waals surface area contributed by atoms with Crippen molar-refractivity contribution in [3.05, 3.63) is 0 Å². The SMILES string of the molecule is CC(N)C1CCCN(CC2CCSC2)C1.Cl. The molecule has 2 saturated heterocycles. The number of likely N-dealkylation sites (tertiary alicyclic amines) is 1. The van der Waals surface area contributed by atoms with Gasteiger partial charge in [0, 0.05) is 19.1 Å². The van der Waals surface area contributed by atoms with E-state index in [1.54, 1.807) is 0 Å². The minimum atomic E-state index is 0. The zero-order chi connectivity index (χ0) is 10.7. The molecule has 2 N–H and O–H groups in total. The molecule has 0 amide bonds. The average molecular weight is 265 g/mol. The standard InChI is InChI=1S/C12H24N2S.ClH/c1-10(13)12-3-2-5-14(8-12)7-11-4-6-15-9-11;/h10-12H,2-9,13H2,1H3;1H. The predicted molar refractivity (Wildman–Crippen MR) is 75.5 cm³/mol. The first kappa shape index (κ1) is 14.6. The van der Waals surface area contributed by atoms with E-state index >= 15 is 0 Å². The second kappa shape index (κ2) is 7.10. The zero-order valence-corrected chi connectivity index (χ0v) is 11.9. The molecular formula is C12H25ClN2S. The number of nitrogens with two attached hydrogens (primary N) is 1. The Bertz CT molecular complexity index is 193. The summed E-state index contributed by atoms with van der Waals surface area (Å²) in [5.41, 5.74) is 6.01. The van der Waals surface area contributed by atoms with Gasteiger partial charge < -0.3 is 10.6 Å². The number of nitrogens with zero attached hydrogens (tertiary/aromatic N) is 1. The molecule has 0 radical (unpaired) electrons. The van der Waals surface area contributed by atoms with Crippen LogP contribution in [0.2, 0.25) is 0 Å². The summed E-state index contributed by atoms with van der Waals surface area (Å²) in [6, 6.07) is 0.380. The minimum Gasteiger partial charge on any atom is -0.328 e. The normalized spacial score (nSPS) is 33.4. The summed E-state index contributed by atoms with van der Waals surface area (Å²) in [5.74, 6) is 4.48. The highest BCUT2D eigenvalue weighted by atomic mass is 35.5. The van der Waals surface area contributed by atoms with Gasteiger partial charge in [0.1, 0.15) is 0 Å². The van der Waals surface area contributed by atoms with Crippen molar-refractivity contribution in [2.45, 2.75) is 32.2 Å². The summed E-state index contributed by atoms with van der Waals surface area (Å²) in [6.45, 7) is 6.05. The molecule has 0 bridgehead atoms. The van der Waals surface area contributed by atoms with Crippen molar-refractivity contribution in [2.24, 2.45) is 17.6 Å². The maximum Gasteiger partial charge on any atom is 0.00509 e. The number of halogens is 1. The van der Waals surface area contributed by atoms with Crippen LogP contribution in [0.4, 0.5) is 0 Å². The summed E-state index contributed by atoms with van der Waals surface area (Å²) in [7, 11) is 0. The zero-order valence-electron chi connectivity index (χ0n) is 10.2. The van der Waals surface area contributed by atoms with Gasteiger partial charge in [-0.05, 0) is 56.1 Å². The molecule has 2 rings (SSSR count). The van der Waals surface area contributed by atoms with Crippen LogP contribution >= 0.6 is 24.2 Å². The fourth-order valence-electron chi connectivity index (χ4n) is 2.78. The molecule has 16 heavy (non-hydrogen) atoms. The summed E-state index contributed by atoms with van der Waals surface area (Å²) < 4.78 is 0. The fraction of sp³-hybridized carbons (Fsp3) is 1.00. The van der Waals surface area contributed by atoms with Gasteiger partial charge in [0.25, 0.3) is 0 Å². The Morgan fingerprint density at radius 1 is 1.44 bits per heavy atom. The summed E-state index contributed by atoms with van der Waals surface area (Å²) in [5, 5.41) is 0. The van der Waals surface area contributed by atoms with Crippen molar-refractivity contribution in [1.29, 1.82) is 0 Å². The van der Waals surface area contributed by atoms with Crippen LogP contribution in [0, 0.1) is 11.8 Å². The van der Waals surface area contributed by atoms with E-state index in [1.807, 2.05) is 0 Å². The van der Waals surface area contributed by atoms with Gasteiger partial charge in [0.2, 0.25) is 0 Å². The molecule has 2 aliphatic rings. The molecule has 0 spiro atoms. The van der Waals surface area contributed by atoms with E-state index in [1.165, 1.54) is 50.4 Å². The van der Waals surface area contributed by atoms with E-state index < -0.39 is 0 Å². The Labute approximate surface area is 110 Å².